The van der Waals surface area contributed by atoms with Crippen LogP contribution in [0.5, 0.6) is 0 Å². The lowest BCUT2D eigenvalue weighted by atomic mass is 9.76. The van der Waals surface area contributed by atoms with Crippen LogP contribution in [0.15, 0.2) is 0 Å². The van der Waals surface area contributed by atoms with Gasteiger partial charge >= 0.3 is 0 Å². The molecule has 0 N–H and O–H groups in total. The summed E-state index contributed by atoms with van der Waals surface area (Å²) in [7, 11) is 0.306. The molecule has 0 unspecified atom stereocenters. The maximum Gasteiger partial charge on any atom is -0.0258 e. The molecular formula is C18H39P. The largest absolute Gasteiger partial charge is 0.107 e. The first-order valence-corrected chi connectivity index (χ1v) is 10.8. The predicted molar refractivity (Wildman–Crippen MR) is 93.9 cm³/mol. The quantitative estimate of drug-likeness (QED) is 0.318. The van der Waals surface area contributed by atoms with Crippen LogP contribution in [0.2, 0.25) is 0 Å². The molecule has 0 rings (SSSR count). The molecule has 116 valence electrons. The summed E-state index contributed by atoms with van der Waals surface area (Å²) in [6, 6.07) is 0. The monoisotopic (exact) mass is 286 g/mol. The van der Waals surface area contributed by atoms with Gasteiger partial charge in [0.15, 0.2) is 0 Å². The minimum Gasteiger partial charge on any atom is -0.107 e. The molecule has 0 aliphatic heterocycles. The van der Waals surface area contributed by atoms with Crippen molar-refractivity contribution in [3.63, 3.8) is 0 Å². The molecule has 0 amide bonds. The Hall–Kier alpha value is 0.430. The first-order chi connectivity index (χ1) is 9.17. The summed E-state index contributed by atoms with van der Waals surface area (Å²) in [5.41, 5.74) is 0.708. The van der Waals surface area contributed by atoms with E-state index >= 15 is 0 Å². The van der Waals surface area contributed by atoms with Crippen LogP contribution in [0.4, 0.5) is 0 Å². The average Bonchev–Trinajstić information content (AvgIpc) is 2.45. The molecule has 0 heterocycles. The van der Waals surface area contributed by atoms with Gasteiger partial charge in [0.1, 0.15) is 0 Å². The van der Waals surface area contributed by atoms with Gasteiger partial charge in [0.25, 0.3) is 0 Å². The summed E-state index contributed by atoms with van der Waals surface area (Å²) in [6.45, 7) is 11.9. The van der Waals surface area contributed by atoms with Crippen molar-refractivity contribution in [3.8, 4) is 0 Å². The molecule has 1 heteroatoms. The topological polar surface area (TPSA) is 0 Å². The highest BCUT2D eigenvalue weighted by atomic mass is 31.1. The molecule has 0 radical (unpaired) electrons. The first-order valence-electron chi connectivity index (χ1n) is 8.90. The van der Waals surface area contributed by atoms with Crippen LogP contribution in [0.1, 0.15) is 92.4 Å². The van der Waals surface area contributed by atoms with Gasteiger partial charge in [-0.25, -0.2) is 0 Å². The van der Waals surface area contributed by atoms with Crippen LogP contribution < -0.4 is 0 Å². The third-order valence-corrected chi connectivity index (χ3v) is 7.54. The molecule has 0 aliphatic rings. The van der Waals surface area contributed by atoms with Crippen LogP contribution in [0.25, 0.3) is 0 Å². The number of hydrogen-bond donors (Lipinski definition) is 0. The fraction of sp³-hybridized carbons (Fsp3) is 1.00. The van der Waals surface area contributed by atoms with E-state index < -0.39 is 0 Å². The fourth-order valence-electron chi connectivity index (χ4n) is 3.19. The Morgan fingerprint density at radius 2 is 1.00 bits per heavy atom. The summed E-state index contributed by atoms with van der Waals surface area (Å²) >= 11 is 0. The van der Waals surface area contributed by atoms with Gasteiger partial charge in [-0.1, -0.05) is 73.1 Å². The summed E-state index contributed by atoms with van der Waals surface area (Å²) in [6.07, 6.45) is 17.4. The molecule has 0 spiro atoms. The van der Waals surface area contributed by atoms with Crippen molar-refractivity contribution in [3.05, 3.63) is 0 Å². The highest BCUT2D eigenvalue weighted by Gasteiger charge is 2.30. The lowest BCUT2D eigenvalue weighted by Crippen LogP contribution is -2.26. The predicted octanol–water partition coefficient (Wildman–Crippen LogP) is 7.07. The lowest BCUT2D eigenvalue weighted by Gasteiger charge is -2.37. The van der Waals surface area contributed by atoms with E-state index in [1.807, 2.05) is 0 Å². The Bertz CT molecular complexity index is 162. The zero-order chi connectivity index (χ0) is 14.6. The summed E-state index contributed by atoms with van der Waals surface area (Å²) in [5.74, 6) is 0. The number of unbranched alkanes of at least 4 members (excludes halogenated alkanes) is 3. The van der Waals surface area contributed by atoms with Gasteiger partial charge in [0.2, 0.25) is 0 Å². The van der Waals surface area contributed by atoms with Gasteiger partial charge in [-0.2, -0.15) is 0 Å². The minimum absolute atomic E-state index is 0.306. The normalized spacial score (nSPS) is 12.3. The van der Waals surface area contributed by atoms with Crippen LogP contribution in [0, 0.1) is 5.41 Å². The SMILES string of the molecule is CCCCC(CCCC)(CCCC)CP(CC)CC. The Morgan fingerprint density at radius 3 is 1.26 bits per heavy atom. The molecule has 0 aromatic rings. The van der Waals surface area contributed by atoms with Gasteiger partial charge in [-0.3, -0.25) is 0 Å². The molecular weight excluding hydrogens is 247 g/mol. The van der Waals surface area contributed by atoms with Crippen LogP contribution in [0.3, 0.4) is 0 Å². The van der Waals surface area contributed by atoms with Gasteiger partial charge in [0.05, 0.1) is 0 Å². The zero-order valence-electron chi connectivity index (χ0n) is 14.4. The second-order valence-electron chi connectivity index (χ2n) is 6.27. The van der Waals surface area contributed by atoms with Crippen LogP contribution in [-0.4, -0.2) is 18.5 Å². The van der Waals surface area contributed by atoms with Crippen molar-refractivity contribution in [1.82, 2.24) is 0 Å². The van der Waals surface area contributed by atoms with E-state index in [0.29, 0.717) is 13.3 Å². The zero-order valence-corrected chi connectivity index (χ0v) is 15.3. The van der Waals surface area contributed by atoms with Crippen molar-refractivity contribution in [1.29, 1.82) is 0 Å². The number of rotatable bonds is 13. The van der Waals surface area contributed by atoms with Crippen molar-refractivity contribution < 1.29 is 0 Å². The first kappa shape index (κ1) is 19.4. The lowest BCUT2D eigenvalue weighted by molar-refractivity contribution is 0.234. The van der Waals surface area contributed by atoms with Gasteiger partial charge in [0, 0.05) is 0 Å². The average molecular weight is 286 g/mol. The number of hydrogen-bond acceptors (Lipinski definition) is 0. The molecule has 0 saturated carbocycles. The fourth-order valence-corrected chi connectivity index (χ4v) is 5.51. The Kier molecular flexibility index (Phi) is 12.5. The van der Waals surface area contributed by atoms with E-state index in [0.717, 1.165) is 0 Å². The van der Waals surface area contributed by atoms with Crippen molar-refractivity contribution >= 4 is 7.92 Å². The molecule has 0 aromatic carbocycles. The molecule has 0 atom stereocenters. The van der Waals surface area contributed by atoms with E-state index in [4.69, 9.17) is 0 Å². The highest BCUT2D eigenvalue weighted by Crippen LogP contribution is 2.48. The highest BCUT2D eigenvalue weighted by molar-refractivity contribution is 7.57. The van der Waals surface area contributed by atoms with E-state index in [9.17, 15) is 0 Å². The smallest absolute Gasteiger partial charge is 0.0258 e. The summed E-state index contributed by atoms with van der Waals surface area (Å²) < 4.78 is 0. The Balaban J connectivity index is 4.74. The maximum absolute atomic E-state index is 2.42. The standard InChI is InChI=1S/C18H39P/c1-6-11-14-18(15-12-7-2,16-13-8-3)17-19(9-4)10-5/h6-17H2,1-5H3. The molecule has 0 fully saturated rings. The molecule has 0 saturated heterocycles. The molecule has 0 bridgehead atoms. The Labute approximate surface area is 124 Å². The molecule has 0 aliphatic carbocycles. The van der Waals surface area contributed by atoms with Crippen molar-refractivity contribution in [2.45, 2.75) is 92.4 Å². The van der Waals surface area contributed by atoms with E-state index in [2.05, 4.69) is 34.6 Å². The van der Waals surface area contributed by atoms with E-state index in [1.54, 1.807) is 6.16 Å². The minimum atomic E-state index is 0.306. The van der Waals surface area contributed by atoms with Crippen molar-refractivity contribution in [2.75, 3.05) is 18.5 Å². The van der Waals surface area contributed by atoms with E-state index in [1.165, 1.54) is 70.1 Å². The molecule has 0 aromatic heterocycles. The summed E-state index contributed by atoms with van der Waals surface area (Å²) in [5, 5.41) is 0. The van der Waals surface area contributed by atoms with Gasteiger partial charge < -0.3 is 0 Å². The van der Waals surface area contributed by atoms with Crippen LogP contribution in [-0.2, 0) is 0 Å². The summed E-state index contributed by atoms with van der Waals surface area (Å²) in [4.78, 5) is 0. The van der Waals surface area contributed by atoms with Gasteiger partial charge in [-0.05, 0) is 43.2 Å². The second-order valence-corrected chi connectivity index (χ2v) is 9.19. The second kappa shape index (κ2) is 12.2. The third kappa shape index (κ3) is 8.34. The van der Waals surface area contributed by atoms with E-state index in [-0.39, 0.29) is 0 Å². The Morgan fingerprint density at radius 1 is 0.632 bits per heavy atom. The van der Waals surface area contributed by atoms with Crippen LogP contribution >= 0.6 is 7.92 Å². The molecule has 19 heavy (non-hydrogen) atoms. The molecule has 0 nitrogen and oxygen atoms in total. The van der Waals surface area contributed by atoms with Crippen molar-refractivity contribution in [2.24, 2.45) is 5.41 Å². The third-order valence-electron chi connectivity index (χ3n) is 4.64. The van der Waals surface area contributed by atoms with Gasteiger partial charge in [-0.15, -0.1) is 7.92 Å². The maximum atomic E-state index is 2.42.